The summed E-state index contributed by atoms with van der Waals surface area (Å²) in [4.78, 5) is 36.5. The lowest BCUT2D eigenvalue weighted by Crippen LogP contribution is -2.35. The molecule has 1 aromatic rings. The predicted octanol–water partition coefficient (Wildman–Crippen LogP) is 1.98. The molecule has 1 aliphatic heterocycles. The standard InChI is InChI=1S/C19H21NO5/c1-9-4-3-5-13(10(9)2)20-15(21)8-24-18(22)16-11-6-12-14(7-11)25-19(23)17(12)16/h3-5,11-12,14,16-17H,6-8H2,1-2H3,(H,20,21)/t11-,12+,14+,16-,17+/m1/s1. The van der Waals surface area contributed by atoms with Crippen molar-refractivity contribution in [1.82, 2.24) is 0 Å². The van der Waals surface area contributed by atoms with Crippen LogP contribution in [-0.4, -0.2) is 30.6 Å². The van der Waals surface area contributed by atoms with E-state index in [2.05, 4.69) is 5.32 Å². The fourth-order valence-corrected chi connectivity index (χ4v) is 4.63. The average Bonchev–Trinajstić information content (AvgIpc) is 3.19. The Morgan fingerprint density at radius 3 is 2.88 bits per heavy atom. The number of benzene rings is 1. The van der Waals surface area contributed by atoms with Crippen LogP contribution in [0.3, 0.4) is 0 Å². The number of rotatable bonds is 4. The Labute approximate surface area is 145 Å². The van der Waals surface area contributed by atoms with Crippen molar-refractivity contribution in [2.45, 2.75) is 32.8 Å². The van der Waals surface area contributed by atoms with E-state index in [0.29, 0.717) is 5.69 Å². The van der Waals surface area contributed by atoms with Crippen LogP contribution in [-0.2, 0) is 23.9 Å². The maximum atomic E-state index is 12.4. The SMILES string of the molecule is Cc1cccc(NC(=O)COC(=O)[C@@H]2[C@@H]3C[C@@H]4[C@@H]2C(=O)O[C@H]4C3)c1C. The molecule has 3 aliphatic rings. The number of carbonyl (C=O) groups is 3. The zero-order valence-corrected chi connectivity index (χ0v) is 14.3. The van der Waals surface area contributed by atoms with E-state index in [1.807, 2.05) is 32.0 Å². The molecule has 1 aromatic carbocycles. The molecule has 5 atom stereocenters. The molecule has 3 fully saturated rings. The molecule has 2 bridgehead atoms. The number of hydrogen-bond donors (Lipinski definition) is 1. The topological polar surface area (TPSA) is 81.7 Å². The molecule has 132 valence electrons. The first-order chi connectivity index (χ1) is 12.0. The highest BCUT2D eigenvalue weighted by Gasteiger charge is 2.64. The van der Waals surface area contributed by atoms with Crippen molar-refractivity contribution >= 4 is 23.5 Å². The molecule has 1 heterocycles. The molecular formula is C19H21NO5. The van der Waals surface area contributed by atoms with E-state index in [1.54, 1.807) is 0 Å². The molecule has 6 heteroatoms. The summed E-state index contributed by atoms with van der Waals surface area (Å²) in [6.07, 6.45) is 1.57. The summed E-state index contributed by atoms with van der Waals surface area (Å²) in [5.41, 5.74) is 2.77. The van der Waals surface area contributed by atoms with Crippen molar-refractivity contribution in [3.63, 3.8) is 0 Å². The van der Waals surface area contributed by atoms with Crippen molar-refractivity contribution in [2.75, 3.05) is 11.9 Å². The third-order valence-electron chi connectivity index (χ3n) is 5.98. The van der Waals surface area contributed by atoms with Gasteiger partial charge in [-0.05, 0) is 49.8 Å². The largest absolute Gasteiger partial charge is 0.462 e. The van der Waals surface area contributed by atoms with E-state index < -0.39 is 11.9 Å². The van der Waals surface area contributed by atoms with Crippen LogP contribution < -0.4 is 5.32 Å². The lowest BCUT2D eigenvalue weighted by Gasteiger charge is -2.22. The molecule has 2 saturated carbocycles. The highest BCUT2D eigenvalue weighted by atomic mass is 16.6. The third kappa shape index (κ3) is 2.60. The third-order valence-corrected chi connectivity index (χ3v) is 5.98. The predicted molar refractivity (Wildman–Crippen MR) is 88.6 cm³/mol. The first kappa shape index (κ1) is 16.1. The van der Waals surface area contributed by atoms with Gasteiger partial charge in [-0.15, -0.1) is 0 Å². The summed E-state index contributed by atoms with van der Waals surface area (Å²) in [6, 6.07) is 5.64. The smallest absolute Gasteiger partial charge is 0.310 e. The van der Waals surface area contributed by atoms with Crippen LogP contribution in [0.2, 0.25) is 0 Å². The van der Waals surface area contributed by atoms with Gasteiger partial charge < -0.3 is 14.8 Å². The minimum atomic E-state index is -0.454. The van der Waals surface area contributed by atoms with Gasteiger partial charge in [-0.25, -0.2) is 0 Å². The van der Waals surface area contributed by atoms with E-state index in [-0.39, 0.29) is 42.3 Å². The highest BCUT2D eigenvalue weighted by Crippen LogP contribution is 2.57. The molecule has 25 heavy (non-hydrogen) atoms. The van der Waals surface area contributed by atoms with Gasteiger partial charge in [-0.3, -0.25) is 14.4 Å². The normalized spacial score (nSPS) is 31.8. The molecule has 2 aliphatic carbocycles. The second kappa shape index (κ2) is 5.86. The molecule has 1 saturated heterocycles. The van der Waals surface area contributed by atoms with Crippen LogP contribution in [0.5, 0.6) is 0 Å². The number of carbonyl (C=O) groups excluding carboxylic acids is 3. The van der Waals surface area contributed by atoms with E-state index in [9.17, 15) is 14.4 Å². The number of esters is 2. The van der Waals surface area contributed by atoms with Gasteiger partial charge in [0.15, 0.2) is 6.61 Å². The molecule has 4 rings (SSSR count). The summed E-state index contributed by atoms with van der Waals surface area (Å²) in [6.45, 7) is 3.55. The Balaban J connectivity index is 1.35. The Bertz CT molecular complexity index is 756. The first-order valence-corrected chi connectivity index (χ1v) is 8.69. The molecule has 1 amide bonds. The zero-order chi connectivity index (χ0) is 17.7. The van der Waals surface area contributed by atoms with Crippen LogP contribution in [0.15, 0.2) is 18.2 Å². The zero-order valence-electron chi connectivity index (χ0n) is 14.3. The number of anilines is 1. The lowest BCUT2D eigenvalue weighted by molar-refractivity contribution is -0.157. The minimum Gasteiger partial charge on any atom is -0.462 e. The van der Waals surface area contributed by atoms with E-state index in [0.717, 1.165) is 24.0 Å². The Morgan fingerprint density at radius 2 is 2.08 bits per heavy atom. The minimum absolute atomic E-state index is 0.0147. The van der Waals surface area contributed by atoms with Gasteiger partial charge in [0.2, 0.25) is 0 Å². The van der Waals surface area contributed by atoms with Gasteiger partial charge in [0, 0.05) is 11.6 Å². The van der Waals surface area contributed by atoms with Crippen LogP contribution in [0.4, 0.5) is 5.69 Å². The first-order valence-electron chi connectivity index (χ1n) is 8.69. The van der Waals surface area contributed by atoms with Crippen molar-refractivity contribution in [1.29, 1.82) is 0 Å². The van der Waals surface area contributed by atoms with Crippen LogP contribution in [0, 0.1) is 37.5 Å². The maximum Gasteiger partial charge on any atom is 0.310 e. The Kier molecular flexibility index (Phi) is 3.78. The second-order valence-electron chi connectivity index (χ2n) is 7.33. The number of hydrogen-bond acceptors (Lipinski definition) is 5. The van der Waals surface area contributed by atoms with Gasteiger partial charge in [0.25, 0.3) is 5.91 Å². The van der Waals surface area contributed by atoms with Gasteiger partial charge in [0.05, 0.1) is 11.8 Å². The molecular weight excluding hydrogens is 322 g/mol. The monoisotopic (exact) mass is 343 g/mol. The summed E-state index contributed by atoms with van der Waals surface area (Å²) >= 11 is 0. The number of nitrogens with one attached hydrogen (secondary N) is 1. The summed E-state index contributed by atoms with van der Waals surface area (Å²) in [5.74, 6) is -1.65. The molecule has 0 aromatic heterocycles. The fourth-order valence-electron chi connectivity index (χ4n) is 4.63. The Hall–Kier alpha value is -2.37. The highest BCUT2D eigenvalue weighted by molar-refractivity contribution is 5.94. The van der Waals surface area contributed by atoms with Gasteiger partial charge in [-0.1, -0.05) is 12.1 Å². The van der Waals surface area contributed by atoms with Crippen molar-refractivity contribution in [2.24, 2.45) is 23.7 Å². The van der Waals surface area contributed by atoms with Crippen molar-refractivity contribution in [3.8, 4) is 0 Å². The maximum absolute atomic E-state index is 12.4. The number of ether oxygens (including phenoxy) is 2. The van der Waals surface area contributed by atoms with E-state index in [1.165, 1.54) is 0 Å². The average molecular weight is 343 g/mol. The van der Waals surface area contributed by atoms with Crippen molar-refractivity contribution in [3.05, 3.63) is 29.3 Å². The van der Waals surface area contributed by atoms with Crippen LogP contribution >= 0.6 is 0 Å². The van der Waals surface area contributed by atoms with Gasteiger partial charge in [-0.2, -0.15) is 0 Å². The second-order valence-corrected chi connectivity index (χ2v) is 7.33. The van der Waals surface area contributed by atoms with E-state index in [4.69, 9.17) is 9.47 Å². The van der Waals surface area contributed by atoms with Crippen molar-refractivity contribution < 1.29 is 23.9 Å². The fraction of sp³-hybridized carbons (Fsp3) is 0.526. The molecule has 1 N–H and O–H groups in total. The lowest BCUT2D eigenvalue weighted by atomic mass is 9.80. The Morgan fingerprint density at radius 1 is 1.28 bits per heavy atom. The summed E-state index contributed by atoms with van der Waals surface area (Å²) in [7, 11) is 0. The molecule has 0 spiro atoms. The van der Waals surface area contributed by atoms with Crippen LogP contribution in [0.25, 0.3) is 0 Å². The summed E-state index contributed by atoms with van der Waals surface area (Å²) < 4.78 is 10.5. The van der Waals surface area contributed by atoms with Gasteiger partial charge >= 0.3 is 11.9 Å². The van der Waals surface area contributed by atoms with E-state index >= 15 is 0 Å². The quantitative estimate of drug-likeness (QED) is 0.846. The van der Waals surface area contributed by atoms with Gasteiger partial charge in [0.1, 0.15) is 6.10 Å². The number of amides is 1. The molecule has 6 nitrogen and oxygen atoms in total. The molecule has 0 radical (unpaired) electrons. The molecule has 0 unspecified atom stereocenters. The van der Waals surface area contributed by atoms with Crippen LogP contribution in [0.1, 0.15) is 24.0 Å². The number of aryl methyl sites for hydroxylation is 1. The summed E-state index contributed by atoms with van der Waals surface area (Å²) in [5, 5.41) is 2.77. The number of fused-ring (bicyclic) bond motifs is 1.